The molecule has 1 aromatic carbocycles. The lowest BCUT2D eigenvalue weighted by molar-refractivity contribution is -0.123. The van der Waals surface area contributed by atoms with Gasteiger partial charge in [-0.1, -0.05) is 39.0 Å². The topological polar surface area (TPSA) is 54.5 Å². The Labute approximate surface area is 169 Å². The fraction of sp³-hybridized carbons (Fsp3) is 0.478. The molecule has 0 aliphatic heterocycles. The SMILES string of the molecule is COC(C)(C)CNC(=O)C(c1cccnc1)N(C)c1ccc(C(C)(C)C)cc1. The number of ether oxygens (including phenoxy) is 1. The Kier molecular flexibility index (Phi) is 6.83. The van der Waals surface area contributed by atoms with Gasteiger partial charge in [0.05, 0.1) is 5.60 Å². The minimum atomic E-state index is -0.484. The zero-order valence-electron chi connectivity index (χ0n) is 18.1. The first-order valence-corrected chi connectivity index (χ1v) is 9.61. The number of hydrogen-bond donors (Lipinski definition) is 1. The van der Waals surface area contributed by atoms with Crippen LogP contribution in [0.2, 0.25) is 0 Å². The van der Waals surface area contributed by atoms with E-state index in [1.807, 2.05) is 37.9 Å². The maximum absolute atomic E-state index is 13.1. The second-order valence-electron chi connectivity index (χ2n) is 8.78. The second kappa shape index (κ2) is 8.74. The van der Waals surface area contributed by atoms with Gasteiger partial charge in [-0.05, 0) is 43.0 Å². The summed E-state index contributed by atoms with van der Waals surface area (Å²) in [5.41, 5.74) is 2.74. The summed E-state index contributed by atoms with van der Waals surface area (Å²) >= 11 is 0. The maximum Gasteiger partial charge on any atom is 0.247 e. The average molecular weight is 384 g/mol. The highest BCUT2D eigenvalue weighted by Crippen LogP contribution is 2.29. The van der Waals surface area contributed by atoms with E-state index in [1.54, 1.807) is 19.5 Å². The van der Waals surface area contributed by atoms with Crippen molar-refractivity contribution in [2.24, 2.45) is 0 Å². The number of carbonyl (C=O) groups excluding carboxylic acids is 1. The minimum Gasteiger partial charge on any atom is -0.377 e. The first-order chi connectivity index (χ1) is 13.0. The molecule has 1 unspecified atom stereocenters. The van der Waals surface area contributed by atoms with Crippen molar-refractivity contribution in [3.05, 3.63) is 59.9 Å². The molecule has 5 nitrogen and oxygen atoms in total. The fourth-order valence-corrected chi connectivity index (χ4v) is 2.90. The third-order valence-corrected chi connectivity index (χ3v) is 5.02. The molecular formula is C23H33N3O2. The molecule has 0 aliphatic rings. The lowest BCUT2D eigenvalue weighted by atomic mass is 9.87. The Hall–Kier alpha value is -2.40. The van der Waals surface area contributed by atoms with Gasteiger partial charge in [0.25, 0.3) is 0 Å². The number of likely N-dealkylation sites (N-methyl/N-ethyl adjacent to an activating group) is 1. The molecule has 5 heteroatoms. The largest absolute Gasteiger partial charge is 0.377 e. The molecule has 1 amide bonds. The van der Waals surface area contributed by atoms with E-state index in [0.717, 1.165) is 11.3 Å². The Balaban J connectivity index is 2.30. The van der Waals surface area contributed by atoms with Crippen LogP contribution in [-0.4, -0.2) is 37.2 Å². The van der Waals surface area contributed by atoms with Crippen molar-refractivity contribution in [2.45, 2.75) is 51.7 Å². The Morgan fingerprint density at radius 1 is 1.14 bits per heavy atom. The summed E-state index contributed by atoms with van der Waals surface area (Å²) in [7, 11) is 3.58. The van der Waals surface area contributed by atoms with Crippen LogP contribution < -0.4 is 10.2 Å². The van der Waals surface area contributed by atoms with Crippen molar-refractivity contribution < 1.29 is 9.53 Å². The number of anilines is 1. The number of nitrogens with one attached hydrogen (secondary N) is 1. The highest BCUT2D eigenvalue weighted by molar-refractivity contribution is 5.86. The first-order valence-electron chi connectivity index (χ1n) is 9.61. The first kappa shape index (κ1) is 21.9. The highest BCUT2D eigenvalue weighted by atomic mass is 16.5. The van der Waals surface area contributed by atoms with E-state index >= 15 is 0 Å². The lowest BCUT2D eigenvalue weighted by Crippen LogP contribution is -2.45. The summed E-state index contributed by atoms with van der Waals surface area (Å²) in [5.74, 6) is -0.0828. The molecule has 0 spiro atoms. The van der Waals surface area contributed by atoms with Gasteiger partial charge in [0.1, 0.15) is 6.04 Å². The summed E-state index contributed by atoms with van der Waals surface area (Å²) in [5, 5.41) is 3.03. The van der Waals surface area contributed by atoms with Crippen molar-refractivity contribution in [1.29, 1.82) is 0 Å². The van der Waals surface area contributed by atoms with Gasteiger partial charge in [-0.15, -0.1) is 0 Å². The smallest absolute Gasteiger partial charge is 0.247 e. The number of hydrogen-bond acceptors (Lipinski definition) is 4. The van der Waals surface area contributed by atoms with Gasteiger partial charge in [0.15, 0.2) is 0 Å². The van der Waals surface area contributed by atoms with Crippen molar-refractivity contribution in [2.75, 3.05) is 25.6 Å². The lowest BCUT2D eigenvalue weighted by Gasteiger charge is -2.31. The van der Waals surface area contributed by atoms with E-state index < -0.39 is 11.6 Å². The summed E-state index contributed by atoms with van der Waals surface area (Å²) in [6, 6.07) is 11.7. The van der Waals surface area contributed by atoms with E-state index in [1.165, 1.54) is 5.56 Å². The summed E-state index contributed by atoms with van der Waals surface area (Å²) < 4.78 is 5.42. The molecule has 2 aromatic rings. The standard InChI is InChI=1S/C23H33N3O2/c1-22(2,3)18-10-12-19(13-11-18)26(6)20(17-9-8-14-24-15-17)21(27)25-16-23(4,5)28-7/h8-15,20H,16H2,1-7H3,(H,25,27). The van der Waals surface area contributed by atoms with E-state index in [9.17, 15) is 4.79 Å². The monoisotopic (exact) mass is 383 g/mol. The summed E-state index contributed by atoms with van der Waals surface area (Å²) in [6.07, 6.45) is 3.45. The summed E-state index contributed by atoms with van der Waals surface area (Å²) in [4.78, 5) is 19.3. The average Bonchev–Trinajstić information content (AvgIpc) is 2.67. The zero-order valence-corrected chi connectivity index (χ0v) is 18.1. The van der Waals surface area contributed by atoms with Crippen LogP contribution in [0.4, 0.5) is 5.69 Å². The van der Waals surface area contributed by atoms with Crippen LogP contribution in [0.1, 0.15) is 51.8 Å². The molecule has 1 N–H and O–H groups in total. The third-order valence-electron chi connectivity index (χ3n) is 5.02. The van der Waals surface area contributed by atoms with Gasteiger partial charge >= 0.3 is 0 Å². The predicted molar refractivity (Wildman–Crippen MR) is 115 cm³/mol. The van der Waals surface area contributed by atoms with Gasteiger partial charge in [0, 0.05) is 44.3 Å². The number of nitrogens with zero attached hydrogens (tertiary/aromatic N) is 2. The van der Waals surface area contributed by atoms with Crippen LogP contribution in [0.15, 0.2) is 48.8 Å². The number of benzene rings is 1. The molecule has 0 radical (unpaired) electrons. The molecule has 1 atom stereocenters. The second-order valence-corrected chi connectivity index (χ2v) is 8.78. The third kappa shape index (κ3) is 5.55. The zero-order chi connectivity index (χ0) is 20.9. The number of aromatic nitrogens is 1. The Bertz CT molecular complexity index is 765. The van der Waals surface area contributed by atoms with Gasteiger partial charge in [-0.3, -0.25) is 9.78 Å². The molecule has 1 heterocycles. The number of rotatable bonds is 7. The molecule has 1 aromatic heterocycles. The quantitative estimate of drug-likeness (QED) is 0.782. The highest BCUT2D eigenvalue weighted by Gasteiger charge is 2.28. The molecule has 0 aliphatic carbocycles. The number of carbonyl (C=O) groups is 1. The molecule has 0 saturated heterocycles. The molecule has 152 valence electrons. The van der Waals surface area contributed by atoms with Crippen molar-refractivity contribution in [3.63, 3.8) is 0 Å². The molecule has 0 bridgehead atoms. The van der Waals surface area contributed by atoms with Gasteiger partial charge in [-0.25, -0.2) is 0 Å². The molecule has 2 rings (SSSR count). The molecular weight excluding hydrogens is 350 g/mol. The van der Waals surface area contributed by atoms with Crippen molar-refractivity contribution in [1.82, 2.24) is 10.3 Å². The maximum atomic E-state index is 13.1. The molecule has 0 saturated carbocycles. The fourth-order valence-electron chi connectivity index (χ4n) is 2.90. The molecule has 28 heavy (non-hydrogen) atoms. The van der Waals surface area contributed by atoms with Crippen LogP contribution in [0, 0.1) is 0 Å². The summed E-state index contributed by atoms with van der Waals surface area (Å²) in [6.45, 7) is 10.9. The van der Waals surface area contributed by atoms with Gasteiger partial charge in [-0.2, -0.15) is 0 Å². The Morgan fingerprint density at radius 2 is 1.79 bits per heavy atom. The van der Waals surface area contributed by atoms with Crippen LogP contribution in [0.5, 0.6) is 0 Å². The van der Waals surface area contributed by atoms with Gasteiger partial charge < -0.3 is 15.0 Å². The predicted octanol–water partition coefficient (Wildman–Crippen LogP) is 4.10. The normalized spacial score (nSPS) is 13.1. The van der Waals surface area contributed by atoms with E-state index in [0.29, 0.717) is 6.54 Å². The molecule has 0 fully saturated rings. The van der Waals surface area contributed by atoms with E-state index in [4.69, 9.17) is 4.74 Å². The van der Waals surface area contributed by atoms with Crippen LogP contribution in [-0.2, 0) is 14.9 Å². The van der Waals surface area contributed by atoms with Crippen LogP contribution >= 0.6 is 0 Å². The van der Waals surface area contributed by atoms with Gasteiger partial charge in [0.2, 0.25) is 5.91 Å². The Morgan fingerprint density at radius 3 is 2.29 bits per heavy atom. The minimum absolute atomic E-state index is 0.0828. The van der Waals surface area contributed by atoms with E-state index in [-0.39, 0.29) is 11.3 Å². The van der Waals surface area contributed by atoms with Crippen molar-refractivity contribution >= 4 is 11.6 Å². The number of methoxy groups -OCH3 is 1. The van der Waals surface area contributed by atoms with Crippen molar-refractivity contribution in [3.8, 4) is 0 Å². The van der Waals surface area contributed by atoms with Crippen LogP contribution in [0.25, 0.3) is 0 Å². The van der Waals surface area contributed by atoms with Crippen LogP contribution in [0.3, 0.4) is 0 Å². The number of pyridine rings is 1. The van der Waals surface area contributed by atoms with E-state index in [2.05, 4.69) is 55.3 Å². The number of amides is 1.